The lowest BCUT2D eigenvalue weighted by molar-refractivity contribution is 0.0371. The first-order chi connectivity index (χ1) is 9.95. The first kappa shape index (κ1) is 15.0. The molecule has 8 heteroatoms. The molecule has 0 fully saturated rings. The monoisotopic (exact) mass is 306 g/mol. The molecule has 1 N–H and O–H groups in total. The number of carbonyl (C=O) groups is 2. The van der Waals surface area contributed by atoms with Gasteiger partial charge in [0.15, 0.2) is 0 Å². The standard InChI is InChI=1S/C13H14N4O3S/c1-7(2)20-12(19)10-6-4-5-9(14-10)11(18)15-13-17-16-8(3)21-13/h4-7H,1-3H3,(H,15,17,18). The van der Waals surface area contributed by atoms with E-state index < -0.39 is 11.9 Å². The maximum atomic E-state index is 12.0. The lowest BCUT2D eigenvalue weighted by Crippen LogP contribution is -2.17. The lowest BCUT2D eigenvalue weighted by Gasteiger charge is -2.07. The summed E-state index contributed by atoms with van der Waals surface area (Å²) in [7, 11) is 0. The number of ether oxygens (including phenoxy) is 1. The first-order valence-electron chi connectivity index (χ1n) is 6.25. The van der Waals surface area contributed by atoms with Crippen molar-refractivity contribution in [2.24, 2.45) is 0 Å². The molecule has 0 unspecified atom stereocenters. The summed E-state index contributed by atoms with van der Waals surface area (Å²) in [5.41, 5.74) is 0.200. The first-order valence-corrected chi connectivity index (χ1v) is 7.07. The van der Waals surface area contributed by atoms with Crippen LogP contribution in [-0.4, -0.2) is 33.2 Å². The highest BCUT2D eigenvalue weighted by Gasteiger charge is 2.15. The third kappa shape index (κ3) is 4.06. The highest BCUT2D eigenvalue weighted by atomic mass is 32.1. The van der Waals surface area contributed by atoms with Crippen LogP contribution in [0.1, 0.15) is 39.8 Å². The third-order valence-corrected chi connectivity index (χ3v) is 3.03. The molecule has 0 bridgehead atoms. The number of aryl methyl sites for hydroxylation is 1. The molecule has 0 aromatic carbocycles. The predicted molar refractivity (Wildman–Crippen MR) is 77.4 cm³/mol. The molecule has 2 aromatic rings. The van der Waals surface area contributed by atoms with Crippen LogP contribution in [0.2, 0.25) is 0 Å². The van der Waals surface area contributed by atoms with Crippen LogP contribution in [0, 0.1) is 6.92 Å². The van der Waals surface area contributed by atoms with E-state index in [-0.39, 0.29) is 17.5 Å². The Balaban J connectivity index is 2.13. The minimum atomic E-state index is -0.564. The van der Waals surface area contributed by atoms with E-state index in [2.05, 4.69) is 20.5 Å². The van der Waals surface area contributed by atoms with Gasteiger partial charge in [-0.3, -0.25) is 10.1 Å². The van der Waals surface area contributed by atoms with Gasteiger partial charge in [0.1, 0.15) is 16.4 Å². The summed E-state index contributed by atoms with van der Waals surface area (Å²) in [4.78, 5) is 27.8. The molecule has 0 spiro atoms. The van der Waals surface area contributed by atoms with Crippen molar-refractivity contribution in [2.45, 2.75) is 26.9 Å². The van der Waals surface area contributed by atoms with Gasteiger partial charge in [-0.05, 0) is 32.9 Å². The highest BCUT2D eigenvalue weighted by molar-refractivity contribution is 7.15. The van der Waals surface area contributed by atoms with Crippen LogP contribution in [0.3, 0.4) is 0 Å². The normalized spacial score (nSPS) is 10.5. The smallest absolute Gasteiger partial charge is 0.357 e. The second-order valence-corrected chi connectivity index (χ2v) is 5.62. The third-order valence-electron chi connectivity index (χ3n) is 2.28. The number of nitrogens with zero attached hydrogens (tertiary/aromatic N) is 3. The average molecular weight is 306 g/mol. The Morgan fingerprint density at radius 2 is 1.95 bits per heavy atom. The van der Waals surface area contributed by atoms with E-state index in [0.717, 1.165) is 5.01 Å². The molecule has 0 saturated carbocycles. The number of amides is 1. The van der Waals surface area contributed by atoms with E-state index in [9.17, 15) is 9.59 Å². The zero-order valence-electron chi connectivity index (χ0n) is 11.8. The fourth-order valence-corrected chi connectivity index (χ4v) is 2.04. The molecule has 1 amide bonds. The molecule has 0 saturated heterocycles. The Kier molecular flexibility index (Phi) is 4.59. The van der Waals surface area contributed by atoms with Crippen molar-refractivity contribution < 1.29 is 14.3 Å². The number of aromatic nitrogens is 3. The largest absolute Gasteiger partial charge is 0.458 e. The van der Waals surface area contributed by atoms with Crippen LogP contribution in [0.4, 0.5) is 5.13 Å². The molecule has 2 rings (SSSR count). The van der Waals surface area contributed by atoms with Gasteiger partial charge < -0.3 is 4.74 Å². The van der Waals surface area contributed by atoms with E-state index in [1.165, 1.54) is 23.5 Å². The highest BCUT2D eigenvalue weighted by Crippen LogP contribution is 2.14. The molecule has 21 heavy (non-hydrogen) atoms. The molecule has 0 radical (unpaired) electrons. The molecular formula is C13H14N4O3S. The second-order valence-electron chi connectivity index (χ2n) is 4.44. The number of pyridine rings is 1. The van der Waals surface area contributed by atoms with Gasteiger partial charge in [-0.15, -0.1) is 10.2 Å². The van der Waals surface area contributed by atoms with Gasteiger partial charge >= 0.3 is 5.97 Å². The molecule has 110 valence electrons. The topological polar surface area (TPSA) is 94.1 Å². The van der Waals surface area contributed by atoms with Crippen LogP contribution in [0.5, 0.6) is 0 Å². The molecular weight excluding hydrogens is 292 g/mol. The number of anilines is 1. The molecule has 7 nitrogen and oxygen atoms in total. The van der Waals surface area contributed by atoms with E-state index >= 15 is 0 Å². The quantitative estimate of drug-likeness (QED) is 0.869. The van der Waals surface area contributed by atoms with E-state index in [0.29, 0.717) is 5.13 Å². The molecule has 0 aliphatic rings. The fourth-order valence-electron chi connectivity index (χ4n) is 1.46. The van der Waals surface area contributed by atoms with Crippen molar-refractivity contribution in [2.75, 3.05) is 5.32 Å². The van der Waals surface area contributed by atoms with Crippen molar-refractivity contribution in [1.82, 2.24) is 15.2 Å². The number of esters is 1. The summed E-state index contributed by atoms with van der Waals surface area (Å²) < 4.78 is 5.04. The van der Waals surface area contributed by atoms with Crippen LogP contribution >= 0.6 is 11.3 Å². The minimum absolute atomic E-state index is 0.0878. The lowest BCUT2D eigenvalue weighted by atomic mass is 10.3. The Labute approximate surface area is 125 Å². The SMILES string of the molecule is Cc1nnc(NC(=O)c2cccc(C(=O)OC(C)C)n2)s1. The summed E-state index contributed by atoms with van der Waals surface area (Å²) in [6, 6.07) is 4.58. The Morgan fingerprint density at radius 3 is 2.57 bits per heavy atom. The summed E-state index contributed by atoms with van der Waals surface area (Å²) in [6.07, 6.45) is -0.249. The number of carbonyl (C=O) groups excluding carboxylic acids is 2. The zero-order valence-corrected chi connectivity index (χ0v) is 12.6. The number of rotatable bonds is 4. The van der Waals surface area contributed by atoms with Gasteiger partial charge in [0, 0.05) is 0 Å². The molecule has 0 aliphatic heterocycles. The average Bonchev–Trinajstić information content (AvgIpc) is 2.83. The molecule has 0 atom stereocenters. The molecule has 0 aliphatic carbocycles. The second kappa shape index (κ2) is 6.40. The Hall–Kier alpha value is -2.35. The number of hydrogen-bond acceptors (Lipinski definition) is 7. The van der Waals surface area contributed by atoms with Crippen molar-refractivity contribution in [3.63, 3.8) is 0 Å². The van der Waals surface area contributed by atoms with Gasteiger partial charge in [0.2, 0.25) is 5.13 Å². The van der Waals surface area contributed by atoms with Crippen molar-refractivity contribution in [3.05, 3.63) is 34.6 Å². The van der Waals surface area contributed by atoms with E-state index in [1.807, 2.05) is 0 Å². The van der Waals surface area contributed by atoms with Crippen LogP contribution in [0.15, 0.2) is 18.2 Å². The van der Waals surface area contributed by atoms with Gasteiger partial charge in [0.25, 0.3) is 5.91 Å². The van der Waals surface area contributed by atoms with Crippen molar-refractivity contribution >= 4 is 28.3 Å². The van der Waals surface area contributed by atoms with Gasteiger partial charge in [-0.1, -0.05) is 17.4 Å². The number of nitrogens with one attached hydrogen (secondary N) is 1. The van der Waals surface area contributed by atoms with E-state index in [4.69, 9.17) is 4.74 Å². The fraction of sp³-hybridized carbons (Fsp3) is 0.308. The predicted octanol–water partition coefficient (Wildman–Crippen LogP) is 2.06. The summed E-state index contributed by atoms with van der Waals surface area (Å²) in [5, 5.41) is 11.3. The van der Waals surface area contributed by atoms with Gasteiger partial charge in [0.05, 0.1) is 6.10 Å². The molecule has 2 aromatic heterocycles. The van der Waals surface area contributed by atoms with Gasteiger partial charge in [-0.2, -0.15) is 0 Å². The maximum Gasteiger partial charge on any atom is 0.357 e. The van der Waals surface area contributed by atoms with Crippen LogP contribution in [0.25, 0.3) is 0 Å². The Morgan fingerprint density at radius 1 is 1.24 bits per heavy atom. The summed E-state index contributed by atoms with van der Waals surface area (Å²) in [6.45, 7) is 5.27. The molecule has 2 heterocycles. The van der Waals surface area contributed by atoms with Crippen LogP contribution in [-0.2, 0) is 4.74 Å². The van der Waals surface area contributed by atoms with E-state index in [1.54, 1.807) is 26.8 Å². The zero-order chi connectivity index (χ0) is 15.4. The Bertz CT molecular complexity index is 669. The summed E-state index contributed by atoms with van der Waals surface area (Å²) >= 11 is 1.26. The maximum absolute atomic E-state index is 12.0. The van der Waals surface area contributed by atoms with Gasteiger partial charge in [-0.25, -0.2) is 9.78 Å². The minimum Gasteiger partial charge on any atom is -0.458 e. The van der Waals surface area contributed by atoms with Crippen LogP contribution < -0.4 is 5.32 Å². The van der Waals surface area contributed by atoms with Crippen molar-refractivity contribution in [3.8, 4) is 0 Å². The summed E-state index contributed by atoms with van der Waals surface area (Å²) in [5.74, 6) is -1.02. The van der Waals surface area contributed by atoms with Crippen molar-refractivity contribution in [1.29, 1.82) is 0 Å². The number of hydrogen-bond donors (Lipinski definition) is 1.